The topological polar surface area (TPSA) is 48.1 Å². The van der Waals surface area contributed by atoms with Crippen LogP contribution in [0.15, 0.2) is 182 Å². The second-order valence-electron chi connectivity index (χ2n) is 13.4. The van der Waals surface area contributed by atoms with Gasteiger partial charge in [-0.2, -0.15) is 0 Å². The van der Waals surface area contributed by atoms with Crippen molar-refractivity contribution in [1.82, 2.24) is 21.3 Å². The van der Waals surface area contributed by atoms with Crippen LogP contribution in [0.25, 0.3) is 0 Å². The molecule has 0 aromatic heterocycles. The summed E-state index contributed by atoms with van der Waals surface area (Å²) in [6.07, 6.45) is 4.17. The van der Waals surface area contributed by atoms with Crippen LogP contribution >= 0.6 is 24.4 Å². The maximum atomic E-state index is 6.23. The monoisotopic (exact) mass is 716 g/mol. The zero-order valence-corrected chi connectivity index (χ0v) is 30.8. The first kappa shape index (κ1) is 35.1. The molecule has 1 fully saturated rings. The van der Waals surface area contributed by atoms with Crippen LogP contribution < -0.4 is 21.3 Å². The van der Waals surface area contributed by atoms with E-state index in [2.05, 4.69) is 203 Å². The van der Waals surface area contributed by atoms with E-state index in [1.165, 1.54) is 0 Å². The first-order chi connectivity index (χ1) is 25.6. The first-order valence-electron chi connectivity index (χ1n) is 18.1. The van der Waals surface area contributed by atoms with E-state index in [-0.39, 0.29) is 12.1 Å². The summed E-state index contributed by atoms with van der Waals surface area (Å²) in [5.41, 5.74) is 5.25. The molecule has 260 valence electrons. The third kappa shape index (κ3) is 7.36. The predicted octanol–water partition coefficient (Wildman–Crippen LogP) is 9.21. The average Bonchev–Trinajstić information content (AvgIpc) is 3.22. The Balaban J connectivity index is 1.18. The largest absolute Gasteiger partial charge is 0.358 e. The van der Waals surface area contributed by atoms with Crippen LogP contribution in [0.5, 0.6) is 0 Å². The first-order valence-corrected chi connectivity index (χ1v) is 18.9. The lowest BCUT2D eigenvalue weighted by Gasteiger charge is -2.41. The molecular weight excluding hydrogens is 673 g/mol. The summed E-state index contributed by atoms with van der Waals surface area (Å²) in [5, 5.41) is 16.4. The Morgan fingerprint density at radius 3 is 0.788 bits per heavy atom. The molecule has 0 aliphatic heterocycles. The van der Waals surface area contributed by atoms with Gasteiger partial charge in [0.25, 0.3) is 0 Å². The molecule has 4 N–H and O–H groups in total. The lowest BCUT2D eigenvalue weighted by molar-refractivity contribution is 0.333. The van der Waals surface area contributed by atoms with Crippen molar-refractivity contribution < 1.29 is 0 Å². The van der Waals surface area contributed by atoms with Gasteiger partial charge in [-0.15, -0.1) is 0 Å². The van der Waals surface area contributed by atoms with Gasteiger partial charge < -0.3 is 21.3 Å². The number of hydrogen-bond donors (Lipinski definition) is 4. The van der Waals surface area contributed by atoms with E-state index in [1.807, 2.05) is 0 Å². The Hall–Kier alpha value is -5.30. The molecule has 0 spiro atoms. The second-order valence-corrected chi connectivity index (χ2v) is 14.2. The molecule has 0 unspecified atom stereocenters. The van der Waals surface area contributed by atoms with E-state index in [0.29, 0.717) is 10.2 Å². The fourth-order valence-corrected chi connectivity index (χ4v) is 8.40. The molecule has 0 saturated heterocycles. The van der Waals surface area contributed by atoms with Crippen molar-refractivity contribution in [3.8, 4) is 0 Å². The Morgan fingerprint density at radius 2 is 0.577 bits per heavy atom. The molecule has 0 amide bonds. The van der Waals surface area contributed by atoms with Gasteiger partial charge in [0.05, 0.1) is 0 Å². The minimum absolute atomic E-state index is 0.0631. The van der Waals surface area contributed by atoms with E-state index in [4.69, 9.17) is 24.4 Å². The zero-order valence-electron chi connectivity index (χ0n) is 29.1. The highest BCUT2D eigenvalue weighted by Gasteiger charge is 2.40. The summed E-state index contributed by atoms with van der Waals surface area (Å²) in [6.45, 7) is 0. The fourth-order valence-electron chi connectivity index (χ4n) is 7.79. The van der Waals surface area contributed by atoms with Crippen LogP contribution in [0, 0.1) is 0 Å². The van der Waals surface area contributed by atoms with E-state index in [9.17, 15) is 0 Å². The van der Waals surface area contributed by atoms with Crippen LogP contribution in [0.3, 0.4) is 0 Å². The molecule has 1 aliphatic carbocycles. The third-order valence-corrected chi connectivity index (χ3v) is 10.7. The summed E-state index contributed by atoms with van der Waals surface area (Å²) in [6, 6.07) is 63.5. The van der Waals surface area contributed by atoms with Gasteiger partial charge in [-0.25, -0.2) is 0 Å². The molecule has 52 heavy (non-hydrogen) atoms. The Kier molecular flexibility index (Phi) is 11.1. The molecule has 0 heterocycles. The smallest absolute Gasteiger partial charge is 0.167 e. The van der Waals surface area contributed by atoms with Gasteiger partial charge >= 0.3 is 0 Å². The quantitative estimate of drug-likeness (QED) is 0.0838. The maximum Gasteiger partial charge on any atom is 0.167 e. The van der Waals surface area contributed by atoms with Gasteiger partial charge in [-0.1, -0.05) is 195 Å². The number of benzene rings is 6. The van der Waals surface area contributed by atoms with Gasteiger partial charge in [-0.05, 0) is 70.7 Å². The lowest BCUT2D eigenvalue weighted by Crippen LogP contribution is -2.60. The number of nitrogens with one attached hydrogen (secondary N) is 4. The summed E-state index contributed by atoms with van der Waals surface area (Å²) >= 11 is 12.5. The SMILES string of the molecule is S=C(N[C@@H]1CCCC[C@H]1NC(=S)NC(c1ccccc1)(c1ccccc1)c1ccccc1)NC(c1ccccc1)(c1ccccc1)c1ccccc1. The van der Waals surface area contributed by atoms with Crippen LogP contribution in [0.2, 0.25) is 0 Å². The molecule has 6 aromatic rings. The molecule has 6 aromatic carbocycles. The zero-order chi connectivity index (χ0) is 35.6. The maximum absolute atomic E-state index is 6.23. The van der Waals surface area contributed by atoms with Gasteiger partial charge in [0.15, 0.2) is 10.2 Å². The number of hydrogen-bond acceptors (Lipinski definition) is 2. The molecular formula is C46H44N4S2. The van der Waals surface area contributed by atoms with E-state index in [1.54, 1.807) is 0 Å². The van der Waals surface area contributed by atoms with Crippen LogP contribution in [0.4, 0.5) is 0 Å². The lowest BCUT2D eigenvalue weighted by atomic mass is 9.77. The van der Waals surface area contributed by atoms with Gasteiger partial charge in [0.2, 0.25) is 0 Å². The van der Waals surface area contributed by atoms with Crippen molar-refractivity contribution in [3.63, 3.8) is 0 Å². The van der Waals surface area contributed by atoms with Gasteiger partial charge in [0.1, 0.15) is 11.1 Å². The Bertz CT molecular complexity index is 1680. The van der Waals surface area contributed by atoms with E-state index >= 15 is 0 Å². The van der Waals surface area contributed by atoms with Crippen LogP contribution in [-0.4, -0.2) is 22.3 Å². The highest BCUT2D eigenvalue weighted by molar-refractivity contribution is 7.80. The van der Waals surface area contributed by atoms with E-state index in [0.717, 1.165) is 59.1 Å². The summed E-state index contributed by atoms with van der Waals surface area (Å²) in [5.74, 6) is 0. The highest BCUT2D eigenvalue weighted by atomic mass is 32.1. The number of rotatable bonds is 10. The third-order valence-electron chi connectivity index (χ3n) is 10.2. The molecule has 0 radical (unpaired) electrons. The van der Waals surface area contributed by atoms with Crippen molar-refractivity contribution in [2.75, 3.05) is 0 Å². The minimum atomic E-state index is -0.705. The van der Waals surface area contributed by atoms with Gasteiger partial charge in [0, 0.05) is 12.1 Å². The van der Waals surface area contributed by atoms with E-state index < -0.39 is 11.1 Å². The summed E-state index contributed by atoms with van der Waals surface area (Å²) in [4.78, 5) is 0. The molecule has 6 heteroatoms. The van der Waals surface area contributed by atoms with Gasteiger partial charge in [-0.3, -0.25) is 0 Å². The molecule has 7 rings (SSSR count). The molecule has 1 aliphatic rings. The second kappa shape index (κ2) is 16.4. The number of thiocarbonyl (C=S) groups is 2. The molecule has 0 bridgehead atoms. The highest BCUT2D eigenvalue weighted by Crippen LogP contribution is 2.38. The molecule has 2 atom stereocenters. The Morgan fingerprint density at radius 1 is 0.365 bits per heavy atom. The Labute approximate surface area is 318 Å². The molecule has 1 saturated carbocycles. The fraction of sp³-hybridized carbons (Fsp3) is 0.174. The van der Waals surface area contributed by atoms with Crippen molar-refractivity contribution in [2.45, 2.75) is 48.8 Å². The van der Waals surface area contributed by atoms with Crippen LogP contribution in [-0.2, 0) is 11.1 Å². The average molecular weight is 717 g/mol. The minimum Gasteiger partial charge on any atom is -0.358 e. The standard InChI is InChI=1S/C46H44N4S2/c51-43(49-45(35-21-7-1-8-22-35,36-23-9-2-10-24-36)37-25-11-3-12-26-37)47-41-33-19-20-34-42(41)48-44(52)50-46(38-27-13-4-14-28-38,39-29-15-5-16-30-39)40-31-17-6-18-32-40/h1-18,21-32,41-42H,19-20,33-34H2,(H2,47,49,51)(H2,48,50,52)/t41-,42-/m1/s1. The van der Waals surface area contributed by atoms with Crippen molar-refractivity contribution in [3.05, 3.63) is 215 Å². The predicted molar refractivity (Wildman–Crippen MR) is 222 cm³/mol. The summed E-state index contributed by atoms with van der Waals surface area (Å²) < 4.78 is 0. The normalized spacial score (nSPS) is 15.9. The van der Waals surface area contributed by atoms with Crippen LogP contribution in [0.1, 0.15) is 59.1 Å². The summed E-state index contributed by atoms with van der Waals surface area (Å²) in [7, 11) is 0. The molecule has 4 nitrogen and oxygen atoms in total. The van der Waals surface area contributed by atoms with Crippen molar-refractivity contribution in [1.29, 1.82) is 0 Å². The van der Waals surface area contributed by atoms with Crippen molar-refractivity contribution in [2.24, 2.45) is 0 Å². The van der Waals surface area contributed by atoms with Crippen molar-refractivity contribution >= 4 is 34.7 Å².